The first-order chi connectivity index (χ1) is 16.3. The molecule has 2 aromatic rings. The summed E-state index contributed by atoms with van der Waals surface area (Å²) < 4.78 is 46.2. The van der Waals surface area contributed by atoms with Crippen molar-refractivity contribution in [1.29, 1.82) is 0 Å². The maximum atomic E-state index is 13.4. The Bertz CT molecular complexity index is 1120. The lowest BCUT2D eigenvalue weighted by Crippen LogP contribution is -2.39. The van der Waals surface area contributed by atoms with Crippen molar-refractivity contribution in [2.45, 2.75) is 24.2 Å². The minimum Gasteiger partial charge on any atom is -0.478 e. The number of nitrogens with one attached hydrogen (secondary N) is 1. The lowest BCUT2D eigenvalue weighted by molar-refractivity contribution is 0.0349. The average Bonchev–Trinajstić information content (AvgIpc) is 2.83. The van der Waals surface area contributed by atoms with Crippen LogP contribution in [0.1, 0.15) is 29.6 Å². The number of aromatic carboxylic acids is 1. The molecule has 0 saturated carbocycles. The van der Waals surface area contributed by atoms with Crippen LogP contribution in [0.3, 0.4) is 0 Å². The number of piperidine rings is 1. The zero-order valence-corrected chi connectivity index (χ0v) is 19.6. The van der Waals surface area contributed by atoms with Gasteiger partial charge in [0.2, 0.25) is 0 Å². The van der Waals surface area contributed by atoms with Crippen molar-refractivity contribution < 1.29 is 27.4 Å². The van der Waals surface area contributed by atoms with Crippen LogP contribution in [0.15, 0.2) is 41.4 Å². The molecule has 2 saturated heterocycles. The third-order valence-electron chi connectivity index (χ3n) is 6.33. The Morgan fingerprint density at radius 2 is 1.91 bits per heavy atom. The van der Waals surface area contributed by atoms with Gasteiger partial charge < -0.3 is 14.7 Å². The molecule has 34 heavy (non-hydrogen) atoms. The zero-order chi connectivity index (χ0) is 24.1. The molecular formula is C23H29FN4O5S. The molecule has 0 radical (unpaired) electrons. The molecule has 2 fully saturated rings. The number of carboxylic acids is 1. The van der Waals surface area contributed by atoms with Gasteiger partial charge in [-0.3, -0.25) is 9.62 Å². The molecule has 2 aliphatic rings. The van der Waals surface area contributed by atoms with Gasteiger partial charge in [-0.05, 0) is 56.0 Å². The van der Waals surface area contributed by atoms with Gasteiger partial charge in [-0.25, -0.2) is 22.6 Å². The lowest BCUT2D eigenvalue weighted by Gasteiger charge is -2.35. The minimum absolute atomic E-state index is 0.00538. The largest absolute Gasteiger partial charge is 0.478 e. The predicted octanol–water partition coefficient (Wildman–Crippen LogP) is 2.66. The Morgan fingerprint density at radius 1 is 1.18 bits per heavy atom. The summed E-state index contributed by atoms with van der Waals surface area (Å²) in [5.74, 6) is -0.975. The number of anilines is 2. The number of aromatic nitrogens is 1. The number of nitrogens with zero attached hydrogens (tertiary/aromatic N) is 3. The molecule has 1 aromatic heterocycles. The highest BCUT2D eigenvalue weighted by Crippen LogP contribution is 2.29. The molecule has 3 heterocycles. The van der Waals surface area contributed by atoms with Crippen LogP contribution >= 0.6 is 0 Å². The first kappa shape index (κ1) is 24.4. The van der Waals surface area contributed by atoms with E-state index in [1.807, 2.05) is 4.90 Å². The monoisotopic (exact) mass is 492 g/mol. The second-order valence-electron chi connectivity index (χ2n) is 8.64. The van der Waals surface area contributed by atoms with E-state index in [9.17, 15) is 22.7 Å². The average molecular weight is 493 g/mol. The maximum Gasteiger partial charge on any atom is 0.339 e. The quantitative estimate of drug-likeness (QED) is 0.579. The van der Waals surface area contributed by atoms with E-state index in [1.165, 1.54) is 24.4 Å². The predicted molar refractivity (Wildman–Crippen MR) is 125 cm³/mol. The molecular weight excluding hydrogens is 463 g/mol. The summed E-state index contributed by atoms with van der Waals surface area (Å²) in [6.45, 7) is 5.95. The first-order valence-corrected chi connectivity index (χ1v) is 12.9. The second kappa shape index (κ2) is 10.7. The van der Waals surface area contributed by atoms with E-state index < -0.39 is 21.8 Å². The zero-order valence-electron chi connectivity index (χ0n) is 18.8. The van der Waals surface area contributed by atoms with Crippen molar-refractivity contribution >= 4 is 27.5 Å². The highest BCUT2D eigenvalue weighted by Gasteiger charge is 2.26. The number of pyridine rings is 1. The molecule has 2 aliphatic heterocycles. The van der Waals surface area contributed by atoms with Gasteiger partial charge in [-0.15, -0.1) is 0 Å². The fourth-order valence-corrected chi connectivity index (χ4v) is 5.46. The van der Waals surface area contributed by atoms with Gasteiger partial charge in [0.05, 0.1) is 30.0 Å². The molecule has 0 bridgehead atoms. The van der Waals surface area contributed by atoms with Crippen LogP contribution in [0, 0.1) is 11.7 Å². The molecule has 4 rings (SSSR count). The Hall–Kier alpha value is -2.76. The molecule has 11 heteroatoms. The number of ether oxygens (including phenoxy) is 1. The van der Waals surface area contributed by atoms with Crippen LogP contribution < -0.4 is 9.62 Å². The maximum absolute atomic E-state index is 13.4. The van der Waals surface area contributed by atoms with Crippen molar-refractivity contribution in [2.75, 3.05) is 55.6 Å². The van der Waals surface area contributed by atoms with Crippen molar-refractivity contribution in [3.63, 3.8) is 0 Å². The van der Waals surface area contributed by atoms with E-state index in [0.717, 1.165) is 64.2 Å². The van der Waals surface area contributed by atoms with Crippen molar-refractivity contribution in [3.05, 3.63) is 47.9 Å². The van der Waals surface area contributed by atoms with Crippen LogP contribution in [0.5, 0.6) is 0 Å². The van der Waals surface area contributed by atoms with E-state index in [4.69, 9.17) is 4.74 Å². The number of hydrogen-bond acceptors (Lipinski definition) is 7. The van der Waals surface area contributed by atoms with Crippen molar-refractivity contribution in [1.82, 2.24) is 9.88 Å². The third kappa shape index (κ3) is 6.02. The lowest BCUT2D eigenvalue weighted by atomic mass is 9.93. The van der Waals surface area contributed by atoms with Gasteiger partial charge in [-0.2, -0.15) is 0 Å². The number of sulfonamides is 1. The van der Waals surface area contributed by atoms with E-state index in [2.05, 4.69) is 14.6 Å². The van der Waals surface area contributed by atoms with Crippen LogP contribution in [0.4, 0.5) is 15.9 Å². The highest BCUT2D eigenvalue weighted by atomic mass is 32.2. The molecule has 0 amide bonds. The van der Waals surface area contributed by atoms with Crippen molar-refractivity contribution in [2.24, 2.45) is 5.92 Å². The molecule has 0 spiro atoms. The minimum atomic E-state index is -4.09. The fraction of sp³-hybridized carbons (Fsp3) is 0.478. The standard InChI is InChI=1S/C23H29FN4O5S/c24-18-2-1-3-20(14-18)34(31,32)26-19-15-21(23(29)30)22(25-16-19)28-8-5-17(6-9-28)4-7-27-10-12-33-13-11-27/h1-3,14-17,26H,4-13H2,(H,29,30). The Morgan fingerprint density at radius 3 is 2.59 bits per heavy atom. The summed E-state index contributed by atoms with van der Waals surface area (Å²) in [5.41, 5.74) is -0.0722. The molecule has 1 aromatic carbocycles. The number of halogens is 1. The van der Waals surface area contributed by atoms with Gasteiger partial charge in [0.15, 0.2) is 0 Å². The number of benzene rings is 1. The summed E-state index contributed by atoms with van der Waals surface area (Å²) in [6, 6.07) is 5.84. The smallest absolute Gasteiger partial charge is 0.339 e. The summed E-state index contributed by atoms with van der Waals surface area (Å²) in [5, 5.41) is 9.74. The summed E-state index contributed by atoms with van der Waals surface area (Å²) >= 11 is 0. The number of morpholine rings is 1. The number of carboxylic acid groups (broad SMARTS) is 1. The molecule has 0 aliphatic carbocycles. The highest BCUT2D eigenvalue weighted by molar-refractivity contribution is 7.92. The summed E-state index contributed by atoms with van der Waals surface area (Å²) in [7, 11) is -4.09. The Kier molecular flexibility index (Phi) is 7.64. The van der Waals surface area contributed by atoms with E-state index in [1.54, 1.807) is 0 Å². The second-order valence-corrected chi connectivity index (χ2v) is 10.3. The topological polar surface area (TPSA) is 112 Å². The fourth-order valence-electron chi connectivity index (χ4n) is 4.39. The first-order valence-electron chi connectivity index (χ1n) is 11.4. The van der Waals surface area contributed by atoms with Gasteiger partial charge in [0.25, 0.3) is 10.0 Å². The van der Waals surface area contributed by atoms with Crippen LogP contribution in [0.2, 0.25) is 0 Å². The molecule has 0 unspecified atom stereocenters. The van der Waals surface area contributed by atoms with Gasteiger partial charge in [0.1, 0.15) is 17.2 Å². The molecule has 2 N–H and O–H groups in total. The van der Waals surface area contributed by atoms with Crippen LogP contribution in [-0.2, 0) is 14.8 Å². The van der Waals surface area contributed by atoms with E-state index >= 15 is 0 Å². The Balaban J connectivity index is 1.40. The third-order valence-corrected chi connectivity index (χ3v) is 7.71. The molecule has 0 atom stereocenters. The molecule has 184 valence electrons. The summed E-state index contributed by atoms with van der Waals surface area (Å²) in [6.07, 6.45) is 4.29. The van der Waals surface area contributed by atoms with Gasteiger partial charge in [0, 0.05) is 26.2 Å². The SMILES string of the molecule is O=C(O)c1cc(NS(=O)(=O)c2cccc(F)c2)cnc1N1CCC(CCN2CCOCC2)CC1. The number of carbonyl (C=O) groups is 1. The van der Waals surface area contributed by atoms with Gasteiger partial charge >= 0.3 is 5.97 Å². The normalized spacial score (nSPS) is 18.1. The Labute approximate surface area is 198 Å². The van der Waals surface area contributed by atoms with Crippen LogP contribution in [-0.4, -0.2) is 75.3 Å². The molecule has 9 nitrogen and oxygen atoms in total. The van der Waals surface area contributed by atoms with Gasteiger partial charge in [-0.1, -0.05) is 6.07 Å². The van der Waals surface area contributed by atoms with Crippen LogP contribution in [0.25, 0.3) is 0 Å². The van der Waals surface area contributed by atoms with Crippen molar-refractivity contribution in [3.8, 4) is 0 Å². The van der Waals surface area contributed by atoms with E-state index in [0.29, 0.717) is 24.8 Å². The summed E-state index contributed by atoms with van der Waals surface area (Å²) in [4.78, 5) is 20.3. The number of hydrogen-bond donors (Lipinski definition) is 2. The van der Waals surface area contributed by atoms with E-state index in [-0.39, 0.29) is 16.1 Å². The number of rotatable bonds is 8.